The Hall–Kier alpha value is -6.24. The Kier molecular flexibility index (Phi) is 9.23. The van der Waals surface area contributed by atoms with E-state index in [1.807, 2.05) is 12.1 Å². The Labute approximate surface area is 344 Å². The molecule has 1 aromatic heterocycles. The zero-order chi connectivity index (χ0) is 39.3. The lowest BCUT2D eigenvalue weighted by atomic mass is 9.79. The van der Waals surface area contributed by atoms with E-state index < -0.39 is 0 Å². The summed E-state index contributed by atoms with van der Waals surface area (Å²) in [7, 11) is 0. The van der Waals surface area contributed by atoms with E-state index >= 15 is 0 Å². The molecule has 3 N–H and O–H groups in total. The Morgan fingerprint density at radius 3 is 1.78 bits per heavy atom. The van der Waals surface area contributed by atoms with Crippen LogP contribution in [0.5, 0.6) is 0 Å². The van der Waals surface area contributed by atoms with Crippen molar-refractivity contribution in [3.05, 3.63) is 219 Å². The van der Waals surface area contributed by atoms with Crippen LogP contribution in [-0.2, 0) is 12.8 Å². The highest BCUT2D eigenvalue weighted by molar-refractivity contribution is 6.18. The minimum Gasteiger partial charge on any atom is -0.279 e. The van der Waals surface area contributed by atoms with Gasteiger partial charge in [-0.2, -0.15) is 0 Å². The van der Waals surface area contributed by atoms with E-state index in [2.05, 4.69) is 162 Å². The zero-order valence-electron chi connectivity index (χ0n) is 32.8. The molecule has 4 nitrogen and oxygen atoms in total. The second-order valence-corrected chi connectivity index (χ2v) is 16.3. The maximum absolute atomic E-state index is 13.8. The van der Waals surface area contributed by atoms with Gasteiger partial charge in [-0.25, -0.2) is 4.39 Å². The van der Waals surface area contributed by atoms with E-state index in [0.29, 0.717) is 0 Å². The van der Waals surface area contributed by atoms with Gasteiger partial charge in [0.15, 0.2) is 0 Å². The standard InChI is InChI=1S/C54H45FN4/c55-42-30-27-35(28-31-42)34-19-23-37(24-20-34)51-50-46-18-10-8-16-44(46)43-15-7-9-17-45(43)49(50)47-32-29-41(33-48(47)56-51)36-21-25-40(26-22-36)54-58-52(38-11-3-1-4-12-38)57-53(59-54)39-13-5-2-6-14-39/h1-6,8-14,16-19,21-23,25-32,41,52-54,57-59H,7,15,20,24,33H2. The van der Waals surface area contributed by atoms with Crippen LogP contribution < -0.4 is 16.0 Å². The summed E-state index contributed by atoms with van der Waals surface area (Å²) in [5.41, 5.74) is 14.8. The van der Waals surface area contributed by atoms with Gasteiger partial charge in [-0.1, -0.05) is 158 Å². The number of pyridine rings is 1. The molecule has 7 aromatic rings. The molecule has 11 rings (SSSR count). The van der Waals surface area contributed by atoms with E-state index in [0.717, 1.165) is 49.1 Å². The van der Waals surface area contributed by atoms with Gasteiger partial charge in [0, 0.05) is 34.4 Å². The summed E-state index contributed by atoms with van der Waals surface area (Å²) in [6.07, 6.45) is 18.6. The maximum Gasteiger partial charge on any atom is 0.123 e. The van der Waals surface area contributed by atoms with Crippen molar-refractivity contribution in [2.45, 2.75) is 56.5 Å². The number of aryl methyl sites for hydroxylation is 1. The van der Waals surface area contributed by atoms with E-state index in [9.17, 15) is 4.39 Å². The van der Waals surface area contributed by atoms with Crippen LogP contribution >= 0.6 is 0 Å². The summed E-state index contributed by atoms with van der Waals surface area (Å²) >= 11 is 0. The number of halogens is 1. The SMILES string of the molecule is Fc1ccc(C2=CC=C(c3nc4c(c5c6c(c7ccccc7c35)CCC=C6)C=CC(c3ccc(C5NC(c6ccccc6)NC(c6ccccc6)N5)cc3)C4)CC2)cc1. The van der Waals surface area contributed by atoms with Crippen molar-refractivity contribution in [2.75, 3.05) is 0 Å². The fourth-order valence-corrected chi connectivity index (χ4v) is 9.81. The quantitative estimate of drug-likeness (QED) is 0.148. The highest BCUT2D eigenvalue weighted by Crippen LogP contribution is 2.45. The molecule has 0 bridgehead atoms. The molecule has 4 aliphatic rings. The van der Waals surface area contributed by atoms with Gasteiger partial charge in [0.05, 0.1) is 24.2 Å². The molecule has 0 amide bonds. The zero-order valence-corrected chi connectivity index (χ0v) is 32.8. The van der Waals surface area contributed by atoms with Gasteiger partial charge in [-0.05, 0) is 98.7 Å². The number of nitrogens with zero attached hydrogens (tertiary/aromatic N) is 1. The van der Waals surface area contributed by atoms with Crippen molar-refractivity contribution in [1.82, 2.24) is 20.9 Å². The largest absolute Gasteiger partial charge is 0.279 e. The smallest absolute Gasteiger partial charge is 0.123 e. The molecular weight excluding hydrogens is 724 g/mol. The van der Waals surface area contributed by atoms with Crippen LogP contribution in [0.4, 0.5) is 4.39 Å². The monoisotopic (exact) mass is 768 g/mol. The van der Waals surface area contributed by atoms with Gasteiger partial charge in [0.2, 0.25) is 0 Å². The molecule has 0 radical (unpaired) electrons. The third kappa shape index (κ3) is 6.66. The summed E-state index contributed by atoms with van der Waals surface area (Å²) in [5, 5.41) is 16.6. The lowest BCUT2D eigenvalue weighted by Crippen LogP contribution is -2.54. The Morgan fingerprint density at radius 1 is 0.525 bits per heavy atom. The topological polar surface area (TPSA) is 49.0 Å². The van der Waals surface area contributed by atoms with Crippen LogP contribution in [-0.4, -0.2) is 4.98 Å². The Balaban J connectivity index is 0.963. The molecule has 1 aliphatic heterocycles. The van der Waals surface area contributed by atoms with Crippen LogP contribution in [0.3, 0.4) is 0 Å². The molecule has 0 saturated carbocycles. The van der Waals surface area contributed by atoms with Gasteiger partial charge in [-0.3, -0.25) is 20.9 Å². The number of rotatable bonds is 6. The molecule has 1 saturated heterocycles. The third-order valence-corrected chi connectivity index (χ3v) is 12.8. The molecule has 5 heteroatoms. The first kappa shape index (κ1) is 35.9. The molecular formula is C54H45FN4. The van der Waals surface area contributed by atoms with E-state index in [-0.39, 0.29) is 30.2 Å². The molecule has 0 spiro atoms. The molecule has 59 heavy (non-hydrogen) atoms. The van der Waals surface area contributed by atoms with E-state index in [4.69, 9.17) is 4.98 Å². The first-order valence-corrected chi connectivity index (χ1v) is 21.0. The third-order valence-electron chi connectivity index (χ3n) is 12.8. The molecule has 1 fully saturated rings. The average Bonchev–Trinajstić information content (AvgIpc) is 3.32. The highest BCUT2D eigenvalue weighted by Gasteiger charge is 2.31. The van der Waals surface area contributed by atoms with Crippen LogP contribution in [0.2, 0.25) is 0 Å². The number of hydrogen-bond acceptors (Lipinski definition) is 4. The van der Waals surface area contributed by atoms with Crippen LogP contribution in [0.25, 0.3) is 44.8 Å². The van der Waals surface area contributed by atoms with Crippen molar-refractivity contribution >= 4 is 44.8 Å². The van der Waals surface area contributed by atoms with Gasteiger partial charge < -0.3 is 0 Å². The van der Waals surface area contributed by atoms with Gasteiger partial charge in [0.1, 0.15) is 5.82 Å². The molecule has 3 atom stereocenters. The lowest BCUT2D eigenvalue weighted by Gasteiger charge is -2.39. The average molecular weight is 769 g/mol. The first-order chi connectivity index (χ1) is 29.1. The number of hydrogen-bond donors (Lipinski definition) is 3. The molecule has 6 aromatic carbocycles. The Bertz CT molecular complexity index is 2790. The van der Waals surface area contributed by atoms with Crippen molar-refractivity contribution in [1.29, 1.82) is 0 Å². The number of allylic oxidation sites excluding steroid dienone is 6. The van der Waals surface area contributed by atoms with E-state index in [1.165, 1.54) is 71.6 Å². The van der Waals surface area contributed by atoms with Gasteiger partial charge in [0.25, 0.3) is 0 Å². The van der Waals surface area contributed by atoms with Crippen LogP contribution in [0, 0.1) is 5.82 Å². The van der Waals surface area contributed by atoms with Crippen LogP contribution in [0.1, 0.15) is 99.6 Å². The molecule has 288 valence electrons. The summed E-state index contributed by atoms with van der Waals surface area (Å²) < 4.78 is 13.8. The molecule has 3 aliphatic carbocycles. The summed E-state index contributed by atoms with van der Waals surface area (Å²) in [5.74, 6) is -0.00187. The summed E-state index contributed by atoms with van der Waals surface area (Å²) in [6, 6.07) is 46.2. The van der Waals surface area contributed by atoms with Crippen molar-refractivity contribution in [2.24, 2.45) is 0 Å². The predicted octanol–water partition coefficient (Wildman–Crippen LogP) is 12.3. The fraction of sp³-hybridized carbons (Fsp3) is 0.167. The number of fused-ring (bicyclic) bond motifs is 8. The predicted molar refractivity (Wildman–Crippen MR) is 241 cm³/mol. The van der Waals surface area contributed by atoms with E-state index in [1.54, 1.807) is 12.1 Å². The van der Waals surface area contributed by atoms with Crippen molar-refractivity contribution in [3.8, 4) is 0 Å². The highest BCUT2D eigenvalue weighted by atomic mass is 19.1. The maximum atomic E-state index is 13.8. The van der Waals surface area contributed by atoms with Crippen LogP contribution in [0.15, 0.2) is 158 Å². The first-order valence-electron chi connectivity index (χ1n) is 21.0. The second kappa shape index (κ2) is 15.2. The van der Waals surface area contributed by atoms with Crippen molar-refractivity contribution in [3.63, 3.8) is 0 Å². The van der Waals surface area contributed by atoms with Gasteiger partial charge >= 0.3 is 0 Å². The minimum absolute atomic E-state index is 0.0119. The molecule has 3 unspecified atom stereocenters. The minimum atomic E-state index is -0.205. The second-order valence-electron chi connectivity index (χ2n) is 16.3. The van der Waals surface area contributed by atoms with Gasteiger partial charge in [-0.15, -0.1) is 0 Å². The number of nitrogens with one attached hydrogen (secondary N) is 3. The fourth-order valence-electron chi connectivity index (χ4n) is 9.81. The summed E-state index contributed by atoms with van der Waals surface area (Å²) in [4.78, 5) is 5.67. The summed E-state index contributed by atoms with van der Waals surface area (Å²) in [6.45, 7) is 0. The lowest BCUT2D eigenvalue weighted by molar-refractivity contribution is 0.203. The number of aromatic nitrogens is 1. The Morgan fingerprint density at radius 2 is 1.12 bits per heavy atom. The number of benzene rings is 6. The normalized spacial score (nSPS) is 21.2. The van der Waals surface area contributed by atoms with Crippen molar-refractivity contribution < 1.29 is 4.39 Å². The molecule has 2 heterocycles.